The number of aryl methyl sites for hydroxylation is 1. The SMILES string of the molecule is Cc1ccc(N2C(=O)C3C(Cc4c[nH]c5ccccc45)NC4(C(=O)Nc5ccc(F)cc54)C3C2=O)cc1. The Bertz CT molecular complexity index is 1630. The Morgan fingerprint density at radius 2 is 1.76 bits per heavy atom. The van der Waals surface area contributed by atoms with Gasteiger partial charge in [-0.1, -0.05) is 35.9 Å². The Morgan fingerprint density at radius 3 is 2.57 bits per heavy atom. The lowest BCUT2D eigenvalue weighted by Gasteiger charge is -2.29. The predicted octanol–water partition coefficient (Wildman–Crippen LogP) is 3.78. The quantitative estimate of drug-likeness (QED) is 0.378. The number of anilines is 2. The lowest BCUT2D eigenvalue weighted by atomic mass is 9.76. The minimum atomic E-state index is -1.55. The van der Waals surface area contributed by atoms with Crippen molar-refractivity contribution in [3.63, 3.8) is 0 Å². The van der Waals surface area contributed by atoms with Crippen molar-refractivity contribution < 1.29 is 18.8 Å². The number of amides is 3. The van der Waals surface area contributed by atoms with Crippen LogP contribution >= 0.6 is 0 Å². The van der Waals surface area contributed by atoms with Crippen LogP contribution in [0.5, 0.6) is 0 Å². The average molecular weight is 495 g/mol. The number of nitrogens with zero attached hydrogens (tertiary/aromatic N) is 1. The van der Waals surface area contributed by atoms with E-state index in [-0.39, 0.29) is 5.91 Å². The molecule has 7 nitrogen and oxygen atoms in total. The first-order valence-electron chi connectivity index (χ1n) is 12.3. The maximum Gasteiger partial charge on any atom is 0.250 e. The number of aromatic amines is 1. The van der Waals surface area contributed by atoms with E-state index in [4.69, 9.17) is 0 Å². The van der Waals surface area contributed by atoms with Crippen LogP contribution in [0.2, 0.25) is 0 Å². The third kappa shape index (κ3) is 2.93. The first-order valence-corrected chi connectivity index (χ1v) is 12.3. The lowest BCUT2D eigenvalue weighted by molar-refractivity contribution is -0.130. The molecular formula is C29H23FN4O3. The molecule has 2 saturated heterocycles. The number of carbonyl (C=O) groups excluding carboxylic acids is 3. The van der Waals surface area contributed by atoms with Gasteiger partial charge in [0.1, 0.15) is 11.4 Å². The number of hydrogen-bond donors (Lipinski definition) is 3. The average Bonchev–Trinajstić information content (AvgIpc) is 3.59. The van der Waals surface area contributed by atoms with E-state index in [2.05, 4.69) is 15.6 Å². The maximum absolute atomic E-state index is 14.5. The Morgan fingerprint density at radius 1 is 0.973 bits per heavy atom. The smallest absolute Gasteiger partial charge is 0.250 e. The van der Waals surface area contributed by atoms with Gasteiger partial charge in [0.05, 0.1) is 17.5 Å². The standard InChI is InChI=1S/C29H23FN4O3/c1-15-6-9-18(10-7-15)34-26(35)24-23(12-16-14-31-21-5-3-2-4-19(16)21)33-29(25(24)27(34)36)20-13-17(30)8-11-22(20)32-28(29)37/h2-11,13-14,23-25,31,33H,12H2,1H3,(H,32,37). The molecule has 3 amide bonds. The number of imide groups is 1. The van der Waals surface area contributed by atoms with Crippen LogP contribution < -0.4 is 15.5 Å². The Kier molecular flexibility index (Phi) is 4.51. The molecule has 7 rings (SSSR count). The van der Waals surface area contributed by atoms with Crippen molar-refractivity contribution >= 4 is 40.0 Å². The van der Waals surface area contributed by atoms with E-state index in [0.717, 1.165) is 22.0 Å². The van der Waals surface area contributed by atoms with Crippen LogP contribution in [0, 0.1) is 24.6 Å². The molecule has 2 fully saturated rings. The molecule has 4 atom stereocenters. The molecule has 3 aliphatic heterocycles. The highest BCUT2D eigenvalue weighted by molar-refractivity contribution is 6.25. The van der Waals surface area contributed by atoms with Crippen molar-refractivity contribution in [2.24, 2.45) is 11.8 Å². The van der Waals surface area contributed by atoms with Crippen LogP contribution in [0.15, 0.2) is 72.9 Å². The largest absolute Gasteiger partial charge is 0.361 e. The van der Waals surface area contributed by atoms with Gasteiger partial charge < -0.3 is 10.3 Å². The van der Waals surface area contributed by atoms with Crippen molar-refractivity contribution in [3.05, 3.63) is 95.4 Å². The van der Waals surface area contributed by atoms with Gasteiger partial charge in [0.25, 0.3) is 0 Å². The molecule has 4 unspecified atom stereocenters. The van der Waals surface area contributed by atoms with Gasteiger partial charge in [-0.25, -0.2) is 9.29 Å². The summed E-state index contributed by atoms with van der Waals surface area (Å²) in [6, 6.07) is 18.5. The number of rotatable bonds is 3. The Labute approximate surface area is 211 Å². The Balaban J connectivity index is 1.38. The van der Waals surface area contributed by atoms with Gasteiger partial charge in [0, 0.05) is 34.4 Å². The van der Waals surface area contributed by atoms with Crippen LogP contribution in [0.3, 0.4) is 0 Å². The fourth-order valence-electron chi connectivity index (χ4n) is 6.43. The molecule has 3 N–H and O–H groups in total. The second-order valence-electron chi connectivity index (χ2n) is 10.1. The fourth-order valence-corrected chi connectivity index (χ4v) is 6.43. The third-order valence-corrected chi connectivity index (χ3v) is 8.08. The van der Waals surface area contributed by atoms with Crippen LogP contribution in [0.25, 0.3) is 10.9 Å². The summed E-state index contributed by atoms with van der Waals surface area (Å²) in [5.74, 6) is -3.59. The van der Waals surface area contributed by atoms with Gasteiger partial charge in [-0.2, -0.15) is 0 Å². The number of H-pyrrole nitrogens is 1. The van der Waals surface area contributed by atoms with E-state index in [0.29, 0.717) is 23.4 Å². The summed E-state index contributed by atoms with van der Waals surface area (Å²) < 4.78 is 14.5. The van der Waals surface area contributed by atoms with Crippen LogP contribution in [-0.4, -0.2) is 28.7 Å². The van der Waals surface area contributed by atoms with Crippen LogP contribution in [0.1, 0.15) is 16.7 Å². The van der Waals surface area contributed by atoms with Gasteiger partial charge in [0.15, 0.2) is 0 Å². The zero-order chi connectivity index (χ0) is 25.5. The highest BCUT2D eigenvalue weighted by atomic mass is 19.1. The summed E-state index contributed by atoms with van der Waals surface area (Å²) >= 11 is 0. The second-order valence-corrected chi connectivity index (χ2v) is 10.1. The fraction of sp³-hybridized carbons (Fsp3) is 0.207. The molecule has 4 aromatic rings. The van der Waals surface area contributed by atoms with Gasteiger partial charge >= 0.3 is 0 Å². The highest BCUT2D eigenvalue weighted by Crippen LogP contribution is 2.54. The monoisotopic (exact) mass is 494 g/mol. The topological polar surface area (TPSA) is 94.3 Å². The van der Waals surface area contributed by atoms with Gasteiger partial charge in [0.2, 0.25) is 17.7 Å². The molecule has 1 spiro atoms. The minimum Gasteiger partial charge on any atom is -0.361 e. The number of carbonyl (C=O) groups is 3. The Hall–Kier alpha value is -4.30. The molecule has 0 bridgehead atoms. The summed E-state index contributed by atoms with van der Waals surface area (Å²) in [5.41, 5.74) is 2.65. The molecule has 1 aromatic heterocycles. The second kappa shape index (κ2) is 7.60. The number of benzene rings is 3. The zero-order valence-electron chi connectivity index (χ0n) is 19.9. The molecule has 184 valence electrons. The molecule has 0 aliphatic carbocycles. The molecule has 37 heavy (non-hydrogen) atoms. The van der Waals surface area contributed by atoms with Crippen LogP contribution in [0.4, 0.5) is 15.8 Å². The highest BCUT2D eigenvalue weighted by Gasteiger charge is 2.70. The molecule has 0 radical (unpaired) electrons. The number of nitrogens with one attached hydrogen (secondary N) is 3. The maximum atomic E-state index is 14.5. The van der Waals surface area contributed by atoms with Crippen molar-refractivity contribution in [2.75, 3.05) is 10.2 Å². The molecule has 3 aliphatic rings. The van der Waals surface area contributed by atoms with Gasteiger partial charge in [-0.15, -0.1) is 0 Å². The van der Waals surface area contributed by atoms with Crippen molar-refractivity contribution in [2.45, 2.75) is 24.9 Å². The van der Waals surface area contributed by atoms with Gasteiger partial charge in [-0.05, 0) is 55.3 Å². The predicted molar refractivity (Wildman–Crippen MR) is 136 cm³/mol. The van der Waals surface area contributed by atoms with Gasteiger partial charge in [-0.3, -0.25) is 19.7 Å². The van der Waals surface area contributed by atoms with Crippen molar-refractivity contribution in [1.29, 1.82) is 0 Å². The van der Waals surface area contributed by atoms with Crippen LogP contribution in [-0.2, 0) is 26.3 Å². The molecular weight excluding hydrogens is 471 g/mol. The summed E-state index contributed by atoms with van der Waals surface area (Å²) in [7, 11) is 0. The summed E-state index contributed by atoms with van der Waals surface area (Å²) in [5, 5.41) is 7.22. The first-order chi connectivity index (χ1) is 17.9. The molecule has 8 heteroatoms. The molecule has 4 heterocycles. The van der Waals surface area contributed by atoms with E-state index in [1.165, 1.54) is 23.1 Å². The van der Waals surface area contributed by atoms with E-state index >= 15 is 0 Å². The number of para-hydroxylation sites is 1. The first kappa shape index (κ1) is 21.9. The van der Waals surface area contributed by atoms with E-state index in [9.17, 15) is 18.8 Å². The van der Waals surface area contributed by atoms with Crippen molar-refractivity contribution in [1.82, 2.24) is 10.3 Å². The van der Waals surface area contributed by atoms with E-state index in [1.54, 1.807) is 12.1 Å². The van der Waals surface area contributed by atoms with E-state index < -0.39 is 41.0 Å². The third-order valence-electron chi connectivity index (χ3n) is 8.08. The lowest BCUT2D eigenvalue weighted by Crippen LogP contribution is -2.53. The number of halogens is 1. The normalized spacial score (nSPS) is 26.3. The minimum absolute atomic E-state index is 0.356. The number of fused-ring (bicyclic) bond motifs is 5. The van der Waals surface area contributed by atoms with E-state index in [1.807, 2.05) is 49.5 Å². The molecule has 0 saturated carbocycles. The number of aromatic nitrogens is 1. The summed E-state index contributed by atoms with van der Waals surface area (Å²) in [6.45, 7) is 1.93. The summed E-state index contributed by atoms with van der Waals surface area (Å²) in [4.78, 5) is 46.1. The summed E-state index contributed by atoms with van der Waals surface area (Å²) in [6.07, 6.45) is 2.30. The van der Waals surface area contributed by atoms with Crippen molar-refractivity contribution in [3.8, 4) is 0 Å². The molecule has 3 aromatic carbocycles. The number of hydrogen-bond acceptors (Lipinski definition) is 4. The zero-order valence-corrected chi connectivity index (χ0v) is 19.9.